The second-order valence-corrected chi connectivity index (χ2v) is 8.83. The van der Waals surface area contributed by atoms with Gasteiger partial charge in [0.25, 0.3) is 5.69 Å². The summed E-state index contributed by atoms with van der Waals surface area (Å²) < 4.78 is 43.3. The fraction of sp³-hybridized carbons (Fsp3) is 0.381. The first-order valence-corrected chi connectivity index (χ1v) is 11.6. The molecule has 0 atom stereocenters. The second kappa shape index (κ2) is 10.9. The van der Waals surface area contributed by atoms with Crippen LogP contribution in [0.25, 0.3) is 0 Å². The van der Waals surface area contributed by atoms with Crippen LogP contribution in [0.2, 0.25) is 0 Å². The van der Waals surface area contributed by atoms with Crippen LogP contribution < -0.4 is 14.2 Å². The van der Waals surface area contributed by atoms with Crippen LogP contribution in [0.1, 0.15) is 31.2 Å². The Labute approximate surface area is 185 Å². The van der Waals surface area contributed by atoms with Crippen LogP contribution in [-0.2, 0) is 26.2 Å². The Bertz CT molecular complexity index is 1070. The van der Waals surface area contributed by atoms with E-state index in [1.165, 1.54) is 18.2 Å². The van der Waals surface area contributed by atoms with Gasteiger partial charge in [-0.1, -0.05) is 18.6 Å². The molecular formula is C21H24N2O8S. The highest BCUT2D eigenvalue weighted by Gasteiger charge is 2.19. The predicted molar refractivity (Wildman–Crippen MR) is 114 cm³/mol. The Kier molecular flexibility index (Phi) is 8.01. The minimum absolute atomic E-state index is 0.0920. The highest BCUT2D eigenvalue weighted by Crippen LogP contribution is 2.32. The van der Waals surface area contributed by atoms with Gasteiger partial charge in [0.2, 0.25) is 10.0 Å². The minimum Gasteiger partial charge on any atom is -0.486 e. The van der Waals surface area contributed by atoms with E-state index >= 15 is 0 Å². The van der Waals surface area contributed by atoms with Crippen molar-refractivity contribution in [3.8, 4) is 11.5 Å². The lowest BCUT2D eigenvalue weighted by Crippen LogP contribution is -2.25. The average Bonchev–Trinajstić information content (AvgIpc) is 2.79. The second-order valence-electron chi connectivity index (χ2n) is 7.06. The SMILES string of the molecule is O=C(CCCCCNS(=O)(=O)c1ccc2c(c1)OCCO2)OCc1ccccc1[N+](=O)[O-]. The van der Waals surface area contributed by atoms with Crippen molar-refractivity contribution in [1.82, 2.24) is 4.72 Å². The lowest BCUT2D eigenvalue weighted by Gasteiger charge is -2.18. The number of fused-ring (bicyclic) bond motifs is 1. The van der Waals surface area contributed by atoms with Crippen molar-refractivity contribution in [3.63, 3.8) is 0 Å². The van der Waals surface area contributed by atoms with Gasteiger partial charge in [-0.2, -0.15) is 0 Å². The molecule has 2 aromatic rings. The molecule has 0 fully saturated rings. The first kappa shape index (κ1) is 23.5. The minimum atomic E-state index is -3.68. The number of benzene rings is 2. The zero-order chi connectivity index (χ0) is 23.0. The van der Waals surface area contributed by atoms with Crippen molar-refractivity contribution in [2.24, 2.45) is 0 Å². The number of nitro benzene ring substituents is 1. The van der Waals surface area contributed by atoms with Gasteiger partial charge in [-0.25, -0.2) is 13.1 Å². The van der Waals surface area contributed by atoms with E-state index in [1.807, 2.05) is 0 Å². The number of carbonyl (C=O) groups excluding carboxylic acids is 1. The fourth-order valence-corrected chi connectivity index (χ4v) is 4.18. The van der Waals surface area contributed by atoms with Crippen molar-refractivity contribution in [1.29, 1.82) is 0 Å². The number of nitrogens with zero attached hydrogens (tertiary/aromatic N) is 1. The molecule has 3 rings (SSSR count). The van der Waals surface area contributed by atoms with Gasteiger partial charge in [0.05, 0.1) is 15.4 Å². The largest absolute Gasteiger partial charge is 0.486 e. The van der Waals surface area contributed by atoms with E-state index in [-0.39, 0.29) is 30.2 Å². The van der Waals surface area contributed by atoms with Gasteiger partial charge in [-0.3, -0.25) is 14.9 Å². The van der Waals surface area contributed by atoms with Crippen LogP contribution in [-0.4, -0.2) is 39.1 Å². The van der Waals surface area contributed by atoms with E-state index in [0.29, 0.717) is 49.5 Å². The van der Waals surface area contributed by atoms with Gasteiger partial charge in [0, 0.05) is 25.1 Å². The van der Waals surface area contributed by atoms with Crippen LogP contribution in [0.15, 0.2) is 47.4 Å². The van der Waals surface area contributed by atoms with Crippen LogP contribution in [0, 0.1) is 10.1 Å². The smallest absolute Gasteiger partial charge is 0.306 e. The number of ether oxygens (including phenoxy) is 3. The third-order valence-corrected chi connectivity index (χ3v) is 6.21. The maximum atomic E-state index is 12.4. The van der Waals surface area contributed by atoms with Gasteiger partial charge < -0.3 is 14.2 Å². The van der Waals surface area contributed by atoms with E-state index in [1.54, 1.807) is 24.3 Å². The molecule has 10 nitrogen and oxygen atoms in total. The van der Waals surface area contributed by atoms with Gasteiger partial charge in [-0.05, 0) is 31.0 Å². The number of unbranched alkanes of at least 4 members (excludes halogenated alkanes) is 2. The monoisotopic (exact) mass is 464 g/mol. The number of hydrogen-bond acceptors (Lipinski definition) is 8. The molecule has 1 aliphatic rings. The Balaban J connectivity index is 1.35. The van der Waals surface area contributed by atoms with E-state index in [4.69, 9.17) is 14.2 Å². The summed E-state index contributed by atoms with van der Waals surface area (Å²) in [6.45, 7) is 0.860. The molecular weight excluding hydrogens is 440 g/mol. The fourth-order valence-electron chi connectivity index (χ4n) is 3.09. The Morgan fingerprint density at radius 3 is 2.59 bits per heavy atom. The number of carbonyl (C=O) groups is 1. The molecule has 0 amide bonds. The topological polar surface area (TPSA) is 134 Å². The van der Waals surface area contributed by atoms with Gasteiger partial charge in [0.15, 0.2) is 11.5 Å². The van der Waals surface area contributed by atoms with E-state index in [0.717, 1.165) is 0 Å². The highest BCUT2D eigenvalue weighted by atomic mass is 32.2. The van der Waals surface area contributed by atoms with Crippen LogP contribution in [0.4, 0.5) is 5.69 Å². The molecule has 1 heterocycles. The molecule has 0 spiro atoms. The first-order valence-electron chi connectivity index (χ1n) is 10.1. The lowest BCUT2D eigenvalue weighted by atomic mass is 10.2. The standard InChI is InChI=1S/C21H24N2O8S/c24-21(31-15-16-6-3-4-7-18(16)23(25)26)8-2-1-5-11-22-32(27,28)17-9-10-19-20(14-17)30-13-12-29-19/h3-4,6-7,9-10,14,22H,1-2,5,8,11-13,15H2. The summed E-state index contributed by atoms with van der Waals surface area (Å²) in [4.78, 5) is 22.4. The summed E-state index contributed by atoms with van der Waals surface area (Å²) in [5.74, 6) is 0.461. The molecule has 0 unspecified atom stereocenters. The zero-order valence-electron chi connectivity index (χ0n) is 17.3. The van der Waals surface area contributed by atoms with E-state index < -0.39 is 20.9 Å². The number of sulfonamides is 1. The molecule has 2 aromatic carbocycles. The van der Waals surface area contributed by atoms with Crippen molar-refractivity contribution in [2.75, 3.05) is 19.8 Å². The lowest BCUT2D eigenvalue weighted by molar-refractivity contribution is -0.385. The maximum absolute atomic E-state index is 12.4. The Morgan fingerprint density at radius 2 is 1.81 bits per heavy atom. The van der Waals surface area contributed by atoms with E-state index in [9.17, 15) is 23.3 Å². The molecule has 0 radical (unpaired) electrons. The van der Waals surface area contributed by atoms with Crippen molar-refractivity contribution in [2.45, 2.75) is 37.2 Å². The number of hydrogen-bond donors (Lipinski definition) is 1. The summed E-state index contributed by atoms with van der Waals surface area (Å²) in [5, 5.41) is 11.0. The maximum Gasteiger partial charge on any atom is 0.306 e. The molecule has 172 valence electrons. The normalized spacial score (nSPS) is 12.9. The molecule has 32 heavy (non-hydrogen) atoms. The number of para-hydroxylation sites is 1. The Morgan fingerprint density at radius 1 is 1.06 bits per heavy atom. The van der Waals surface area contributed by atoms with E-state index in [2.05, 4.69) is 4.72 Å². The number of rotatable bonds is 11. The molecule has 0 aromatic heterocycles. The average molecular weight is 464 g/mol. The number of nitrogens with one attached hydrogen (secondary N) is 1. The third-order valence-electron chi connectivity index (χ3n) is 4.75. The third kappa shape index (κ3) is 6.41. The van der Waals surface area contributed by atoms with Gasteiger partial charge in [0.1, 0.15) is 19.8 Å². The molecule has 1 aliphatic heterocycles. The van der Waals surface area contributed by atoms with Crippen molar-refractivity contribution in [3.05, 3.63) is 58.1 Å². The summed E-state index contributed by atoms with van der Waals surface area (Å²) in [6, 6.07) is 10.5. The molecule has 1 N–H and O–H groups in total. The molecule has 0 saturated heterocycles. The highest BCUT2D eigenvalue weighted by molar-refractivity contribution is 7.89. The number of esters is 1. The molecule has 0 bridgehead atoms. The quantitative estimate of drug-likeness (QED) is 0.232. The van der Waals surface area contributed by atoms with Crippen molar-refractivity contribution < 1.29 is 32.3 Å². The van der Waals surface area contributed by atoms with Crippen LogP contribution in [0.3, 0.4) is 0 Å². The molecule has 11 heteroatoms. The first-order chi connectivity index (χ1) is 15.4. The summed E-state index contributed by atoms with van der Waals surface area (Å²) in [6.07, 6.45) is 1.82. The summed E-state index contributed by atoms with van der Waals surface area (Å²) in [5.41, 5.74) is 0.241. The molecule has 0 saturated carbocycles. The number of nitro groups is 1. The van der Waals surface area contributed by atoms with Crippen LogP contribution in [0.5, 0.6) is 11.5 Å². The van der Waals surface area contributed by atoms with Crippen molar-refractivity contribution >= 4 is 21.7 Å². The summed E-state index contributed by atoms with van der Waals surface area (Å²) >= 11 is 0. The van der Waals surface area contributed by atoms with Crippen LogP contribution >= 0.6 is 0 Å². The van der Waals surface area contributed by atoms with Gasteiger partial charge >= 0.3 is 5.97 Å². The zero-order valence-corrected chi connectivity index (χ0v) is 18.1. The molecule has 0 aliphatic carbocycles. The summed E-state index contributed by atoms with van der Waals surface area (Å²) in [7, 11) is -3.68. The predicted octanol–water partition coefficient (Wildman–Crippen LogP) is 2.95. The van der Waals surface area contributed by atoms with Gasteiger partial charge in [-0.15, -0.1) is 0 Å². The Hall–Kier alpha value is -3.18.